The largest absolute Gasteiger partial charge is 0.326 e. The molecule has 0 aromatic heterocycles. The van der Waals surface area contributed by atoms with Crippen LogP contribution in [0.25, 0.3) is 0 Å². The molecule has 3 rings (SSSR count). The van der Waals surface area contributed by atoms with Gasteiger partial charge in [0.15, 0.2) is 11.6 Å². The Morgan fingerprint density at radius 2 is 1.83 bits per heavy atom. The zero-order chi connectivity index (χ0) is 16.4. The van der Waals surface area contributed by atoms with Crippen LogP contribution in [0.4, 0.5) is 20.2 Å². The smallest absolute Gasteiger partial charge is 0.229 e. The zero-order valence-electron chi connectivity index (χ0n) is 12.1. The topological polar surface area (TPSA) is 49.4 Å². The number of nitrogens with one attached hydrogen (secondary N) is 1. The molecule has 118 valence electrons. The fourth-order valence-electron chi connectivity index (χ4n) is 2.56. The molecule has 1 saturated heterocycles. The van der Waals surface area contributed by atoms with Crippen molar-refractivity contribution in [2.45, 2.75) is 6.42 Å². The Morgan fingerprint density at radius 3 is 2.52 bits per heavy atom. The molecule has 2 aromatic carbocycles. The molecular weight excluding hydrogens is 302 g/mol. The molecule has 23 heavy (non-hydrogen) atoms. The van der Waals surface area contributed by atoms with Crippen LogP contribution in [-0.4, -0.2) is 18.4 Å². The first-order valence-corrected chi connectivity index (χ1v) is 7.16. The summed E-state index contributed by atoms with van der Waals surface area (Å²) in [5, 5.41) is 2.52. The van der Waals surface area contributed by atoms with Crippen LogP contribution in [0.1, 0.15) is 6.42 Å². The second-order valence-corrected chi connectivity index (χ2v) is 5.36. The highest BCUT2D eigenvalue weighted by Gasteiger charge is 2.35. The van der Waals surface area contributed by atoms with Crippen LogP contribution in [-0.2, 0) is 9.59 Å². The lowest BCUT2D eigenvalue weighted by atomic mass is 10.1. The van der Waals surface area contributed by atoms with Crippen LogP contribution >= 0.6 is 0 Å². The Bertz CT molecular complexity index is 750. The lowest BCUT2D eigenvalue weighted by molar-refractivity contribution is -0.122. The van der Waals surface area contributed by atoms with Gasteiger partial charge in [-0.25, -0.2) is 8.78 Å². The van der Waals surface area contributed by atoms with E-state index < -0.39 is 17.6 Å². The molecule has 4 nitrogen and oxygen atoms in total. The number of benzene rings is 2. The van der Waals surface area contributed by atoms with Gasteiger partial charge in [-0.1, -0.05) is 18.2 Å². The normalized spacial score (nSPS) is 17.4. The average Bonchev–Trinajstić information content (AvgIpc) is 2.94. The van der Waals surface area contributed by atoms with E-state index in [1.165, 1.54) is 6.07 Å². The molecule has 0 spiro atoms. The molecule has 1 heterocycles. The third-order valence-corrected chi connectivity index (χ3v) is 3.75. The van der Waals surface area contributed by atoms with E-state index in [1.54, 1.807) is 17.0 Å². The van der Waals surface area contributed by atoms with Crippen molar-refractivity contribution >= 4 is 23.2 Å². The van der Waals surface area contributed by atoms with Crippen molar-refractivity contribution in [1.29, 1.82) is 0 Å². The lowest BCUT2D eigenvalue weighted by Crippen LogP contribution is -2.28. The molecule has 0 radical (unpaired) electrons. The second-order valence-electron chi connectivity index (χ2n) is 5.36. The number of carbonyl (C=O) groups is 2. The summed E-state index contributed by atoms with van der Waals surface area (Å²) in [6.07, 6.45) is 0.0877. The maximum Gasteiger partial charge on any atom is 0.229 e. The van der Waals surface area contributed by atoms with Crippen LogP contribution in [0, 0.1) is 17.6 Å². The molecule has 2 aromatic rings. The minimum atomic E-state index is -1.03. The summed E-state index contributed by atoms with van der Waals surface area (Å²) in [4.78, 5) is 25.9. The Morgan fingerprint density at radius 1 is 1.09 bits per heavy atom. The molecular formula is C17H14F2N2O2. The highest BCUT2D eigenvalue weighted by atomic mass is 19.2. The number of hydrogen-bond acceptors (Lipinski definition) is 2. The Balaban J connectivity index is 1.69. The molecule has 6 heteroatoms. The predicted molar refractivity (Wildman–Crippen MR) is 81.9 cm³/mol. The van der Waals surface area contributed by atoms with Gasteiger partial charge in [0.2, 0.25) is 11.8 Å². The van der Waals surface area contributed by atoms with Crippen molar-refractivity contribution in [1.82, 2.24) is 0 Å². The van der Waals surface area contributed by atoms with Crippen LogP contribution < -0.4 is 10.2 Å². The maximum absolute atomic E-state index is 13.2. The number of anilines is 2. The molecule has 1 aliphatic heterocycles. The van der Waals surface area contributed by atoms with E-state index >= 15 is 0 Å². The van der Waals surface area contributed by atoms with Gasteiger partial charge in [-0.15, -0.1) is 0 Å². The van der Waals surface area contributed by atoms with Gasteiger partial charge < -0.3 is 10.2 Å². The van der Waals surface area contributed by atoms with Crippen molar-refractivity contribution in [2.75, 3.05) is 16.8 Å². The predicted octanol–water partition coefficient (Wildman–Crippen LogP) is 2.96. The van der Waals surface area contributed by atoms with E-state index in [0.717, 1.165) is 17.8 Å². The summed E-state index contributed by atoms with van der Waals surface area (Å²) in [5.74, 6) is -3.06. The van der Waals surface area contributed by atoms with Gasteiger partial charge in [0.05, 0.1) is 5.92 Å². The third kappa shape index (κ3) is 3.21. The Labute approximate surface area is 131 Å². The van der Waals surface area contributed by atoms with Gasteiger partial charge in [-0.3, -0.25) is 9.59 Å². The van der Waals surface area contributed by atoms with Crippen molar-refractivity contribution in [3.63, 3.8) is 0 Å². The van der Waals surface area contributed by atoms with E-state index in [-0.39, 0.29) is 30.5 Å². The first-order chi connectivity index (χ1) is 11.0. The minimum Gasteiger partial charge on any atom is -0.326 e. The molecule has 0 saturated carbocycles. The lowest BCUT2D eigenvalue weighted by Gasteiger charge is -2.16. The third-order valence-electron chi connectivity index (χ3n) is 3.75. The van der Waals surface area contributed by atoms with Crippen molar-refractivity contribution in [3.05, 3.63) is 60.2 Å². The molecule has 0 bridgehead atoms. The fourth-order valence-corrected chi connectivity index (χ4v) is 2.56. The second kappa shape index (κ2) is 6.16. The Hall–Kier alpha value is -2.76. The van der Waals surface area contributed by atoms with E-state index in [4.69, 9.17) is 0 Å². The van der Waals surface area contributed by atoms with Crippen LogP contribution in [0.15, 0.2) is 48.5 Å². The maximum atomic E-state index is 13.2. The highest BCUT2D eigenvalue weighted by molar-refractivity contribution is 6.03. The summed E-state index contributed by atoms with van der Waals surface area (Å²) in [5.41, 5.74) is 0.903. The van der Waals surface area contributed by atoms with E-state index in [9.17, 15) is 18.4 Å². The van der Waals surface area contributed by atoms with Crippen molar-refractivity contribution in [3.8, 4) is 0 Å². The SMILES string of the molecule is O=C(Nc1ccc(F)c(F)c1)C1CC(=O)N(c2ccccc2)C1. The summed E-state index contributed by atoms with van der Waals surface area (Å²) in [7, 11) is 0. The standard InChI is InChI=1S/C17H14F2N2O2/c18-14-7-6-12(9-15(14)19)20-17(23)11-8-16(22)21(10-11)13-4-2-1-3-5-13/h1-7,9,11H,8,10H2,(H,20,23). The van der Waals surface area contributed by atoms with Gasteiger partial charge in [0.25, 0.3) is 0 Å². The number of hydrogen-bond donors (Lipinski definition) is 1. The number of rotatable bonds is 3. The molecule has 1 N–H and O–H groups in total. The number of amides is 2. The molecule has 1 unspecified atom stereocenters. The summed E-state index contributed by atoms with van der Waals surface area (Å²) >= 11 is 0. The zero-order valence-corrected chi connectivity index (χ0v) is 12.1. The molecule has 0 aliphatic carbocycles. The van der Waals surface area contributed by atoms with Gasteiger partial charge in [0.1, 0.15) is 0 Å². The fraction of sp³-hybridized carbons (Fsp3) is 0.176. The minimum absolute atomic E-state index is 0.0877. The number of carbonyl (C=O) groups excluding carboxylic acids is 2. The Kier molecular flexibility index (Phi) is 4.06. The van der Waals surface area contributed by atoms with Gasteiger partial charge >= 0.3 is 0 Å². The van der Waals surface area contributed by atoms with Crippen molar-refractivity contribution < 1.29 is 18.4 Å². The number of para-hydroxylation sites is 1. The number of nitrogens with zero attached hydrogens (tertiary/aromatic N) is 1. The summed E-state index contributed by atoms with van der Waals surface area (Å²) < 4.78 is 26.1. The van der Waals surface area contributed by atoms with Crippen LogP contribution in [0.2, 0.25) is 0 Å². The average molecular weight is 316 g/mol. The molecule has 1 fully saturated rings. The quantitative estimate of drug-likeness (QED) is 0.946. The van der Waals surface area contributed by atoms with E-state index in [1.807, 2.05) is 18.2 Å². The molecule has 1 atom stereocenters. The van der Waals surface area contributed by atoms with Gasteiger partial charge in [-0.05, 0) is 24.3 Å². The van der Waals surface area contributed by atoms with Gasteiger partial charge in [-0.2, -0.15) is 0 Å². The van der Waals surface area contributed by atoms with Crippen LogP contribution in [0.3, 0.4) is 0 Å². The summed E-state index contributed by atoms with van der Waals surface area (Å²) in [6, 6.07) is 12.2. The number of halogens is 2. The monoisotopic (exact) mass is 316 g/mol. The molecule has 2 amide bonds. The van der Waals surface area contributed by atoms with Gasteiger partial charge in [0, 0.05) is 30.4 Å². The highest BCUT2D eigenvalue weighted by Crippen LogP contribution is 2.26. The van der Waals surface area contributed by atoms with Crippen LogP contribution in [0.5, 0.6) is 0 Å². The summed E-state index contributed by atoms with van der Waals surface area (Å²) in [6.45, 7) is 0.262. The van der Waals surface area contributed by atoms with Crippen molar-refractivity contribution in [2.24, 2.45) is 5.92 Å². The first kappa shape index (κ1) is 15.1. The van der Waals surface area contributed by atoms with E-state index in [2.05, 4.69) is 5.32 Å². The first-order valence-electron chi connectivity index (χ1n) is 7.16. The van der Waals surface area contributed by atoms with E-state index in [0.29, 0.717) is 0 Å². The molecule has 1 aliphatic rings.